The van der Waals surface area contributed by atoms with Crippen molar-refractivity contribution in [3.63, 3.8) is 0 Å². The monoisotopic (exact) mass is 216 g/mol. The van der Waals surface area contributed by atoms with Crippen molar-refractivity contribution >= 4 is 11.3 Å². The van der Waals surface area contributed by atoms with Crippen LogP contribution in [0.4, 0.5) is 5.69 Å². The maximum absolute atomic E-state index is 5.73. The number of anilines is 1. The van der Waals surface area contributed by atoms with Crippen LogP contribution in [0.3, 0.4) is 0 Å². The number of hydrogen-bond acceptors (Lipinski definition) is 3. The van der Waals surface area contributed by atoms with E-state index in [2.05, 4.69) is 16.1 Å². The SMILES string of the molecule is Nc1ccn2cc(CN3CCCC3)nc2c1. The molecule has 0 aromatic carbocycles. The number of imidazole rings is 1. The molecule has 1 aliphatic heterocycles. The summed E-state index contributed by atoms with van der Waals surface area (Å²) in [7, 11) is 0. The maximum Gasteiger partial charge on any atom is 0.139 e. The summed E-state index contributed by atoms with van der Waals surface area (Å²) in [5, 5.41) is 0. The van der Waals surface area contributed by atoms with Crippen molar-refractivity contribution in [2.45, 2.75) is 19.4 Å². The van der Waals surface area contributed by atoms with Gasteiger partial charge >= 0.3 is 0 Å². The van der Waals surface area contributed by atoms with Gasteiger partial charge in [0.05, 0.1) is 5.69 Å². The lowest BCUT2D eigenvalue weighted by Gasteiger charge is -2.11. The number of aromatic nitrogens is 2. The summed E-state index contributed by atoms with van der Waals surface area (Å²) in [6, 6.07) is 3.81. The van der Waals surface area contributed by atoms with Gasteiger partial charge in [-0.3, -0.25) is 4.90 Å². The van der Waals surface area contributed by atoms with Crippen LogP contribution in [0, 0.1) is 0 Å². The van der Waals surface area contributed by atoms with Gasteiger partial charge in [0.2, 0.25) is 0 Å². The molecule has 0 aliphatic carbocycles. The molecule has 0 amide bonds. The number of nitrogens with two attached hydrogens (primary N) is 1. The van der Waals surface area contributed by atoms with Crippen molar-refractivity contribution < 1.29 is 0 Å². The molecule has 0 bridgehead atoms. The minimum atomic E-state index is 0.769. The maximum atomic E-state index is 5.73. The van der Waals surface area contributed by atoms with Crippen LogP contribution >= 0.6 is 0 Å². The molecule has 16 heavy (non-hydrogen) atoms. The van der Waals surface area contributed by atoms with Gasteiger partial charge in [0.1, 0.15) is 5.65 Å². The fourth-order valence-corrected chi connectivity index (χ4v) is 2.30. The Hall–Kier alpha value is -1.55. The van der Waals surface area contributed by atoms with Crippen molar-refractivity contribution in [1.29, 1.82) is 0 Å². The summed E-state index contributed by atoms with van der Waals surface area (Å²) >= 11 is 0. The van der Waals surface area contributed by atoms with E-state index in [0.717, 1.165) is 23.6 Å². The Balaban J connectivity index is 1.86. The second-order valence-electron chi connectivity index (χ2n) is 4.44. The normalized spacial score (nSPS) is 17.2. The van der Waals surface area contributed by atoms with Crippen LogP contribution in [0.25, 0.3) is 5.65 Å². The van der Waals surface area contributed by atoms with Crippen LogP contribution in [-0.4, -0.2) is 27.4 Å². The van der Waals surface area contributed by atoms with E-state index in [1.807, 2.05) is 22.7 Å². The average molecular weight is 216 g/mol. The third-order valence-corrected chi connectivity index (χ3v) is 3.12. The van der Waals surface area contributed by atoms with Crippen LogP contribution < -0.4 is 5.73 Å². The zero-order valence-electron chi connectivity index (χ0n) is 9.26. The summed E-state index contributed by atoms with van der Waals surface area (Å²) in [5.74, 6) is 0. The van der Waals surface area contributed by atoms with E-state index in [0.29, 0.717) is 0 Å². The molecule has 4 heteroatoms. The number of fused-ring (bicyclic) bond motifs is 1. The quantitative estimate of drug-likeness (QED) is 0.827. The van der Waals surface area contributed by atoms with E-state index in [-0.39, 0.29) is 0 Å². The Labute approximate surface area is 94.7 Å². The molecule has 3 heterocycles. The van der Waals surface area contributed by atoms with Crippen molar-refractivity contribution in [1.82, 2.24) is 14.3 Å². The molecule has 2 aromatic heterocycles. The third kappa shape index (κ3) is 1.76. The van der Waals surface area contributed by atoms with Crippen molar-refractivity contribution in [2.24, 2.45) is 0 Å². The number of likely N-dealkylation sites (tertiary alicyclic amines) is 1. The smallest absolute Gasteiger partial charge is 0.139 e. The molecular formula is C12H16N4. The fraction of sp³-hybridized carbons (Fsp3) is 0.417. The highest BCUT2D eigenvalue weighted by Gasteiger charge is 2.13. The highest BCUT2D eigenvalue weighted by molar-refractivity contribution is 5.52. The van der Waals surface area contributed by atoms with Crippen LogP contribution in [-0.2, 0) is 6.54 Å². The summed E-state index contributed by atoms with van der Waals surface area (Å²) in [6.07, 6.45) is 6.69. The molecule has 1 aliphatic rings. The van der Waals surface area contributed by atoms with Crippen molar-refractivity contribution in [3.8, 4) is 0 Å². The molecule has 0 atom stereocenters. The minimum Gasteiger partial charge on any atom is -0.399 e. The van der Waals surface area contributed by atoms with E-state index < -0.39 is 0 Å². The molecule has 2 aromatic rings. The summed E-state index contributed by atoms with van der Waals surface area (Å²) in [4.78, 5) is 7.03. The highest BCUT2D eigenvalue weighted by atomic mass is 15.2. The molecule has 84 valence electrons. The number of nitrogen functional groups attached to an aromatic ring is 1. The Kier molecular flexibility index (Phi) is 2.29. The Morgan fingerprint density at radius 2 is 2.12 bits per heavy atom. The molecule has 2 N–H and O–H groups in total. The van der Waals surface area contributed by atoms with E-state index in [1.54, 1.807) is 0 Å². The van der Waals surface area contributed by atoms with E-state index in [1.165, 1.54) is 25.9 Å². The predicted octanol–water partition coefficient (Wildman–Crippen LogP) is 1.51. The first-order chi connectivity index (χ1) is 7.81. The molecule has 0 unspecified atom stereocenters. The average Bonchev–Trinajstić information content (AvgIpc) is 2.86. The van der Waals surface area contributed by atoms with Crippen molar-refractivity contribution in [2.75, 3.05) is 18.8 Å². The Morgan fingerprint density at radius 1 is 1.31 bits per heavy atom. The molecule has 4 nitrogen and oxygen atoms in total. The van der Waals surface area contributed by atoms with Gasteiger partial charge in [0.15, 0.2) is 0 Å². The molecule has 0 saturated carbocycles. The van der Waals surface area contributed by atoms with Crippen LogP contribution in [0.1, 0.15) is 18.5 Å². The Morgan fingerprint density at radius 3 is 2.94 bits per heavy atom. The third-order valence-electron chi connectivity index (χ3n) is 3.12. The van der Waals surface area contributed by atoms with Gasteiger partial charge in [-0.15, -0.1) is 0 Å². The topological polar surface area (TPSA) is 46.6 Å². The van der Waals surface area contributed by atoms with Crippen LogP contribution in [0.5, 0.6) is 0 Å². The number of hydrogen-bond donors (Lipinski definition) is 1. The lowest BCUT2D eigenvalue weighted by Crippen LogP contribution is -2.18. The Bertz CT molecular complexity index is 497. The standard InChI is InChI=1S/C12H16N4/c13-10-3-6-16-9-11(14-12(16)7-10)8-15-4-1-2-5-15/h3,6-7,9H,1-2,4-5,8,13H2. The van der Waals surface area contributed by atoms with Gasteiger partial charge in [-0.1, -0.05) is 0 Å². The zero-order valence-corrected chi connectivity index (χ0v) is 9.26. The predicted molar refractivity (Wildman–Crippen MR) is 64.1 cm³/mol. The molecule has 1 saturated heterocycles. The molecule has 0 spiro atoms. The van der Waals surface area contributed by atoms with Gasteiger partial charge in [-0.25, -0.2) is 4.98 Å². The van der Waals surface area contributed by atoms with E-state index in [9.17, 15) is 0 Å². The first-order valence-corrected chi connectivity index (χ1v) is 5.77. The molecule has 3 rings (SSSR count). The second kappa shape index (κ2) is 3.79. The summed E-state index contributed by atoms with van der Waals surface area (Å²) in [5.41, 5.74) is 8.57. The lowest BCUT2D eigenvalue weighted by molar-refractivity contribution is 0.328. The first-order valence-electron chi connectivity index (χ1n) is 5.77. The van der Waals surface area contributed by atoms with E-state index >= 15 is 0 Å². The fourth-order valence-electron chi connectivity index (χ4n) is 2.30. The first kappa shape index (κ1) is 9.66. The summed E-state index contributed by atoms with van der Waals surface area (Å²) < 4.78 is 2.03. The van der Waals surface area contributed by atoms with E-state index in [4.69, 9.17) is 5.73 Å². The van der Waals surface area contributed by atoms with Crippen LogP contribution in [0.2, 0.25) is 0 Å². The van der Waals surface area contributed by atoms with Gasteiger partial charge in [-0.2, -0.15) is 0 Å². The largest absolute Gasteiger partial charge is 0.399 e. The van der Waals surface area contributed by atoms with Gasteiger partial charge in [0.25, 0.3) is 0 Å². The molecule has 0 radical (unpaired) electrons. The molecular weight excluding hydrogens is 200 g/mol. The van der Waals surface area contributed by atoms with Gasteiger partial charge in [0, 0.05) is 30.7 Å². The number of nitrogens with zero attached hydrogens (tertiary/aromatic N) is 3. The van der Waals surface area contributed by atoms with Crippen molar-refractivity contribution in [3.05, 3.63) is 30.2 Å². The summed E-state index contributed by atoms with van der Waals surface area (Å²) in [6.45, 7) is 3.37. The minimum absolute atomic E-state index is 0.769. The number of pyridine rings is 1. The molecule has 1 fully saturated rings. The second-order valence-corrected chi connectivity index (χ2v) is 4.44. The van der Waals surface area contributed by atoms with Gasteiger partial charge < -0.3 is 10.1 Å². The highest BCUT2D eigenvalue weighted by Crippen LogP contribution is 2.14. The van der Waals surface area contributed by atoms with Crippen LogP contribution in [0.15, 0.2) is 24.5 Å². The zero-order chi connectivity index (χ0) is 11.0. The van der Waals surface area contributed by atoms with Gasteiger partial charge in [-0.05, 0) is 32.0 Å². The number of rotatable bonds is 2. The lowest BCUT2D eigenvalue weighted by atomic mass is 10.4.